The van der Waals surface area contributed by atoms with Gasteiger partial charge in [0.25, 0.3) is 0 Å². The number of aromatic carboxylic acids is 1. The van der Waals surface area contributed by atoms with Gasteiger partial charge in [0.15, 0.2) is 0 Å². The lowest BCUT2D eigenvalue weighted by Gasteiger charge is -2.02. The molecule has 0 spiro atoms. The number of imidazole rings is 1. The first-order valence-corrected chi connectivity index (χ1v) is 9.66. The summed E-state index contributed by atoms with van der Waals surface area (Å²) in [6, 6.07) is 17.8. The van der Waals surface area contributed by atoms with Crippen molar-refractivity contribution >= 4 is 45.9 Å². The van der Waals surface area contributed by atoms with Gasteiger partial charge in [-0.05, 0) is 54.4 Å². The number of fused-ring (bicyclic) bond motifs is 1. The molecule has 148 valence electrons. The number of aryl methyl sites for hydroxylation is 1. The van der Waals surface area contributed by atoms with E-state index in [4.69, 9.17) is 34.0 Å². The number of nitrogens with one attached hydrogen (secondary N) is 1. The fourth-order valence-corrected chi connectivity index (χ4v) is 3.31. The van der Waals surface area contributed by atoms with Crippen LogP contribution < -0.4 is 5.73 Å². The van der Waals surface area contributed by atoms with E-state index in [1.807, 2.05) is 12.1 Å². The molecular weight excluding hydrogens is 409 g/mol. The largest absolute Gasteiger partial charge is 0.478 e. The highest BCUT2D eigenvalue weighted by molar-refractivity contribution is 6.39. The number of aromatic nitrogens is 2. The van der Waals surface area contributed by atoms with Gasteiger partial charge in [-0.3, -0.25) is 0 Å². The van der Waals surface area contributed by atoms with Crippen molar-refractivity contribution in [2.75, 3.05) is 5.73 Å². The predicted octanol–water partition coefficient (Wildman–Crippen LogP) is 6.07. The van der Waals surface area contributed by atoms with Crippen LogP contribution in [0, 0.1) is 0 Å². The molecule has 0 atom stereocenters. The SMILES string of the molecule is CCc1ccc(N)cc1.O=C(O)c1ccc2nc(-c3c(Cl)cccc3Cl)[nH]c2c1. The maximum absolute atomic E-state index is 11.0. The van der Waals surface area contributed by atoms with E-state index in [-0.39, 0.29) is 5.56 Å². The zero-order valence-corrected chi connectivity index (χ0v) is 17.1. The van der Waals surface area contributed by atoms with Crippen molar-refractivity contribution in [3.8, 4) is 11.4 Å². The summed E-state index contributed by atoms with van der Waals surface area (Å²) in [5, 5.41) is 9.94. The Balaban J connectivity index is 0.000000224. The molecule has 1 heterocycles. The first-order chi connectivity index (χ1) is 13.9. The van der Waals surface area contributed by atoms with Crippen molar-refractivity contribution in [1.82, 2.24) is 9.97 Å². The number of carboxylic acids is 1. The Hall–Kier alpha value is -3.02. The van der Waals surface area contributed by atoms with E-state index < -0.39 is 5.97 Å². The lowest BCUT2D eigenvalue weighted by Crippen LogP contribution is -1.94. The fourth-order valence-electron chi connectivity index (χ4n) is 2.74. The molecule has 0 saturated heterocycles. The van der Waals surface area contributed by atoms with Crippen LogP contribution in [-0.2, 0) is 6.42 Å². The van der Waals surface area contributed by atoms with Gasteiger partial charge in [0.2, 0.25) is 0 Å². The maximum atomic E-state index is 11.0. The van der Waals surface area contributed by atoms with Crippen LogP contribution in [0.3, 0.4) is 0 Å². The van der Waals surface area contributed by atoms with Gasteiger partial charge in [0.05, 0.1) is 32.2 Å². The van der Waals surface area contributed by atoms with Crippen molar-refractivity contribution in [3.05, 3.63) is 81.8 Å². The molecule has 5 nitrogen and oxygen atoms in total. The molecule has 0 unspecified atom stereocenters. The molecule has 4 N–H and O–H groups in total. The highest BCUT2D eigenvalue weighted by Crippen LogP contribution is 2.33. The summed E-state index contributed by atoms with van der Waals surface area (Å²) in [6.07, 6.45) is 1.08. The van der Waals surface area contributed by atoms with E-state index in [1.165, 1.54) is 17.7 Å². The lowest BCUT2D eigenvalue weighted by atomic mass is 10.2. The molecule has 0 aliphatic rings. The molecule has 3 aromatic carbocycles. The van der Waals surface area contributed by atoms with Crippen LogP contribution in [0.1, 0.15) is 22.8 Å². The lowest BCUT2D eigenvalue weighted by molar-refractivity contribution is 0.0697. The summed E-state index contributed by atoms with van der Waals surface area (Å²) in [6.45, 7) is 2.13. The minimum atomic E-state index is -0.987. The summed E-state index contributed by atoms with van der Waals surface area (Å²) < 4.78 is 0. The molecule has 29 heavy (non-hydrogen) atoms. The zero-order chi connectivity index (χ0) is 21.0. The number of nitrogens with zero attached hydrogens (tertiary/aromatic N) is 1. The number of H-pyrrole nitrogens is 1. The van der Waals surface area contributed by atoms with Crippen molar-refractivity contribution in [2.24, 2.45) is 0 Å². The predicted molar refractivity (Wildman–Crippen MR) is 119 cm³/mol. The Morgan fingerprint density at radius 1 is 1.07 bits per heavy atom. The van der Waals surface area contributed by atoms with Gasteiger partial charge < -0.3 is 15.8 Å². The zero-order valence-electron chi connectivity index (χ0n) is 15.6. The minimum Gasteiger partial charge on any atom is -0.478 e. The molecule has 0 saturated carbocycles. The average molecular weight is 428 g/mol. The van der Waals surface area contributed by atoms with Gasteiger partial charge in [-0.2, -0.15) is 0 Å². The Morgan fingerprint density at radius 2 is 1.72 bits per heavy atom. The van der Waals surface area contributed by atoms with E-state index in [2.05, 4.69) is 29.0 Å². The van der Waals surface area contributed by atoms with Gasteiger partial charge in [0, 0.05) is 5.69 Å². The Labute approximate surface area is 178 Å². The summed E-state index contributed by atoms with van der Waals surface area (Å²) in [4.78, 5) is 18.4. The molecule has 0 bridgehead atoms. The second-order valence-corrected chi connectivity index (χ2v) is 7.13. The standard InChI is InChI=1S/C14H8Cl2N2O2.C8H11N/c15-8-2-1-3-9(16)12(8)13-17-10-5-4-7(14(19)20)6-11(10)18-13;1-2-7-3-5-8(9)6-4-7/h1-6H,(H,17,18)(H,19,20);3-6H,2,9H2,1H3. The van der Waals surface area contributed by atoms with Crippen LogP contribution in [0.4, 0.5) is 5.69 Å². The maximum Gasteiger partial charge on any atom is 0.335 e. The molecule has 4 aromatic rings. The number of carboxylic acid groups (broad SMARTS) is 1. The minimum absolute atomic E-state index is 0.193. The third-order valence-electron chi connectivity index (χ3n) is 4.32. The third kappa shape index (κ3) is 4.88. The normalized spacial score (nSPS) is 10.4. The number of nitrogen functional groups attached to an aromatic ring is 1. The molecule has 7 heteroatoms. The Morgan fingerprint density at radius 3 is 2.31 bits per heavy atom. The number of hydrogen-bond acceptors (Lipinski definition) is 3. The molecule has 0 amide bonds. The van der Waals surface area contributed by atoms with Gasteiger partial charge in [-0.15, -0.1) is 0 Å². The number of anilines is 1. The molecule has 0 aliphatic heterocycles. The van der Waals surface area contributed by atoms with Crippen molar-refractivity contribution in [1.29, 1.82) is 0 Å². The van der Waals surface area contributed by atoms with E-state index in [9.17, 15) is 4.79 Å². The number of nitrogens with two attached hydrogens (primary N) is 1. The van der Waals surface area contributed by atoms with Gasteiger partial charge in [-0.25, -0.2) is 9.78 Å². The molecule has 0 fully saturated rings. The number of hydrogen-bond donors (Lipinski definition) is 3. The number of benzene rings is 3. The first kappa shape index (κ1) is 20.7. The quantitative estimate of drug-likeness (QED) is 0.346. The van der Waals surface area contributed by atoms with E-state index in [0.717, 1.165) is 12.1 Å². The summed E-state index contributed by atoms with van der Waals surface area (Å²) in [7, 11) is 0. The second-order valence-electron chi connectivity index (χ2n) is 6.31. The smallest absolute Gasteiger partial charge is 0.335 e. The third-order valence-corrected chi connectivity index (χ3v) is 4.95. The van der Waals surface area contributed by atoms with E-state index in [1.54, 1.807) is 24.3 Å². The number of carbonyl (C=O) groups is 1. The highest BCUT2D eigenvalue weighted by Gasteiger charge is 2.13. The second kappa shape index (κ2) is 8.99. The molecular formula is C22H19Cl2N3O2. The number of aromatic amines is 1. The topological polar surface area (TPSA) is 92.0 Å². The number of halogens is 2. The molecule has 0 radical (unpaired) electrons. The van der Waals surface area contributed by atoms with Crippen LogP contribution in [-0.4, -0.2) is 21.0 Å². The first-order valence-electron chi connectivity index (χ1n) is 8.91. The monoisotopic (exact) mass is 427 g/mol. The summed E-state index contributed by atoms with van der Waals surface area (Å²) >= 11 is 12.3. The van der Waals surface area contributed by atoms with Crippen LogP contribution in [0.15, 0.2) is 60.7 Å². The van der Waals surface area contributed by atoms with Gasteiger partial charge in [0.1, 0.15) is 5.82 Å². The van der Waals surface area contributed by atoms with Crippen LogP contribution in [0.25, 0.3) is 22.4 Å². The molecule has 1 aromatic heterocycles. The summed E-state index contributed by atoms with van der Waals surface area (Å²) in [5.74, 6) is -0.475. The van der Waals surface area contributed by atoms with Crippen LogP contribution >= 0.6 is 23.2 Å². The Kier molecular flexibility index (Phi) is 6.42. The van der Waals surface area contributed by atoms with E-state index in [0.29, 0.717) is 32.5 Å². The van der Waals surface area contributed by atoms with Crippen LogP contribution in [0.2, 0.25) is 10.0 Å². The molecule has 0 aliphatic carbocycles. The van der Waals surface area contributed by atoms with Crippen molar-refractivity contribution in [2.45, 2.75) is 13.3 Å². The van der Waals surface area contributed by atoms with Gasteiger partial charge >= 0.3 is 5.97 Å². The fraction of sp³-hybridized carbons (Fsp3) is 0.0909. The van der Waals surface area contributed by atoms with E-state index >= 15 is 0 Å². The number of rotatable bonds is 3. The average Bonchev–Trinajstić information content (AvgIpc) is 3.11. The van der Waals surface area contributed by atoms with Crippen molar-refractivity contribution < 1.29 is 9.90 Å². The highest BCUT2D eigenvalue weighted by atomic mass is 35.5. The Bertz CT molecular complexity index is 1130. The molecule has 4 rings (SSSR count). The van der Waals surface area contributed by atoms with Crippen molar-refractivity contribution in [3.63, 3.8) is 0 Å². The summed E-state index contributed by atoms with van der Waals surface area (Å²) in [5.41, 5.74) is 9.73. The van der Waals surface area contributed by atoms with Crippen LogP contribution in [0.5, 0.6) is 0 Å². The van der Waals surface area contributed by atoms with Gasteiger partial charge in [-0.1, -0.05) is 48.3 Å².